The second-order valence-electron chi connectivity index (χ2n) is 19.7. The largest absolute Gasteiger partial charge is 0.337 e. The summed E-state index contributed by atoms with van der Waals surface area (Å²) in [6, 6.07) is 23.8. The third-order valence-electron chi connectivity index (χ3n) is 14.2. The zero-order valence-electron chi connectivity index (χ0n) is 35.8. The van der Waals surface area contributed by atoms with Crippen LogP contribution in [0.5, 0.6) is 0 Å². The smallest absolute Gasteiger partial charge is 0.297 e. The minimum absolute atomic E-state index is 0.0585. The van der Waals surface area contributed by atoms with Gasteiger partial charge < -0.3 is 9.47 Å². The molecule has 0 N–H and O–H groups in total. The molecule has 3 atom stereocenters. The fourth-order valence-electron chi connectivity index (χ4n) is 11.7. The molecule has 6 aromatic rings. The number of aromatic nitrogens is 3. The van der Waals surface area contributed by atoms with E-state index in [0.717, 1.165) is 11.9 Å². The Morgan fingerprint density at radius 2 is 1.49 bits per heavy atom. The molecule has 0 bridgehead atoms. The highest BCUT2D eigenvalue weighted by molar-refractivity contribution is 6.16. The van der Waals surface area contributed by atoms with Crippen molar-refractivity contribution in [2.45, 2.75) is 131 Å². The molecule has 1 fully saturated rings. The Morgan fingerprint density at radius 1 is 0.836 bits per heavy atom. The zero-order chi connectivity index (χ0) is 39.3. The maximum Gasteiger partial charge on any atom is 0.297 e. The molecule has 1 aliphatic carbocycles. The van der Waals surface area contributed by atoms with E-state index in [1.54, 1.807) is 0 Å². The Kier molecular flexibility index (Phi) is 7.57. The molecule has 3 aliphatic rings. The van der Waals surface area contributed by atoms with Gasteiger partial charge in [0.2, 0.25) is 11.1 Å². The number of rotatable bonds is 5. The molecule has 55 heavy (non-hydrogen) atoms. The molecule has 2 aromatic heterocycles. The molecule has 0 amide bonds. The molecule has 1 spiro atoms. The van der Waals surface area contributed by atoms with Gasteiger partial charge in [0, 0.05) is 30.4 Å². The fourth-order valence-corrected chi connectivity index (χ4v) is 11.7. The fraction of sp³-hybridized carbons (Fsp3) is 0.460. The van der Waals surface area contributed by atoms with E-state index in [-0.39, 0.29) is 28.5 Å². The molecule has 284 valence electrons. The summed E-state index contributed by atoms with van der Waals surface area (Å²) >= 11 is 0. The van der Waals surface area contributed by atoms with Gasteiger partial charge >= 0.3 is 0 Å². The Labute approximate surface area is 328 Å². The third-order valence-corrected chi connectivity index (χ3v) is 14.2. The van der Waals surface area contributed by atoms with Crippen LogP contribution in [0.25, 0.3) is 54.7 Å². The third kappa shape index (κ3) is 4.28. The molecular formula is C50H61N5+2. The van der Waals surface area contributed by atoms with E-state index >= 15 is 0 Å². The van der Waals surface area contributed by atoms with E-state index in [0.29, 0.717) is 11.8 Å². The number of aryl methyl sites for hydroxylation is 1. The van der Waals surface area contributed by atoms with E-state index < -0.39 is 5.66 Å². The highest BCUT2D eigenvalue weighted by Gasteiger charge is 3.00. The first kappa shape index (κ1) is 36.1. The Hall–Kier alpha value is -4.51. The van der Waals surface area contributed by atoms with Gasteiger partial charge in [-0.1, -0.05) is 97.0 Å². The van der Waals surface area contributed by atoms with Gasteiger partial charge in [-0.3, -0.25) is 0 Å². The van der Waals surface area contributed by atoms with Gasteiger partial charge in [0.15, 0.2) is 11.9 Å². The number of fused-ring (bicyclic) bond motifs is 15. The average molecular weight is 732 g/mol. The summed E-state index contributed by atoms with van der Waals surface area (Å²) in [6.07, 6.45) is 8.28. The first-order chi connectivity index (χ1) is 25.9. The van der Waals surface area contributed by atoms with Gasteiger partial charge in [0.25, 0.3) is 12.0 Å². The number of nitrogens with zero attached hydrogens (tertiary/aromatic N) is 5. The first-order valence-corrected chi connectivity index (χ1v) is 20.9. The van der Waals surface area contributed by atoms with E-state index in [2.05, 4.69) is 195 Å². The topological polar surface area (TPSA) is 27.9 Å². The van der Waals surface area contributed by atoms with Crippen LogP contribution >= 0.6 is 0 Å². The molecule has 4 aromatic carbocycles. The van der Waals surface area contributed by atoms with Crippen molar-refractivity contribution in [3.63, 3.8) is 0 Å². The van der Waals surface area contributed by atoms with Crippen LogP contribution in [0.3, 0.4) is 0 Å². The quantitative estimate of drug-likeness (QED) is 0.165. The van der Waals surface area contributed by atoms with Crippen molar-refractivity contribution in [2.24, 2.45) is 18.9 Å². The minimum atomic E-state index is -0.394. The lowest BCUT2D eigenvalue weighted by molar-refractivity contribution is -0.771. The molecule has 0 saturated heterocycles. The van der Waals surface area contributed by atoms with E-state index in [9.17, 15) is 0 Å². The van der Waals surface area contributed by atoms with Crippen molar-refractivity contribution in [2.75, 3.05) is 0 Å². The van der Waals surface area contributed by atoms with E-state index in [4.69, 9.17) is 4.98 Å². The Balaban J connectivity index is 1.52. The molecule has 2 aliphatic heterocycles. The summed E-state index contributed by atoms with van der Waals surface area (Å²) in [4.78, 5) is 8.37. The summed E-state index contributed by atoms with van der Waals surface area (Å²) in [6.45, 7) is 31.1. The second kappa shape index (κ2) is 11.5. The van der Waals surface area contributed by atoms with Crippen LogP contribution in [-0.2, 0) is 29.8 Å². The highest BCUT2D eigenvalue weighted by Crippen LogP contribution is 2.76. The van der Waals surface area contributed by atoms with Crippen LogP contribution in [0.2, 0.25) is 0 Å². The van der Waals surface area contributed by atoms with Crippen molar-refractivity contribution in [1.29, 1.82) is 0 Å². The summed E-state index contributed by atoms with van der Waals surface area (Å²) in [7, 11) is 2.29. The van der Waals surface area contributed by atoms with Crippen molar-refractivity contribution >= 4 is 49.7 Å². The molecule has 3 unspecified atom stereocenters. The molecular weight excluding hydrogens is 671 g/mol. The Bertz CT molecular complexity index is 2680. The van der Waals surface area contributed by atoms with Crippen LogP contribution in [0.15, 0.2) is 78.8 Å². The molecule has 0 radical (unpaired) electrons. The predicted molar refractivity (Wildman–Crippen MR) is 231 cm³/mol. The maximum absolute atomic E-state index is 5.62. The Morgan fingerprint density at radius 3 is 2.11 bits per heavy atom. The van der Waals surface area contributed by atoms with Crippen molar-refractivity contribution in [3.05, 3.63) is 95.5 Å². The number of allylic oxidation sites excluding steroid dienone is 1. The lowest BCUT2D eigenvalue weighted by atomic mass is 9.75. The number of hydrogen-bond donors (Lipinski definition) is 0. The van der Waals surface area contributed by atoms with Gasteiger partial charge in [0.05, 0.1) is 10.9 Å². The second-order valence-corrected chi connectivity index (χ2v) is 19.7. The molecule has 5 heteroatoms. The van der Waals surface area contributed by atoms with Gasteiger partial charge in [-0.05, 0) is 121 Å². The van der Waals surface area contributed by atoms with Gasteiger partial charge in [0.1, 0.15) is 17.0 Å². The number of hydrogen-bond acceptors (Lipinski definition) is 2. The van der Waals surface area contributed by atoms with Crippen LogP contribution in [0.1, 0.15) is 107 Å². The highest BCUT2D eigenvalue weighted by atomic mass is 15.5. The SMILES string of the molecule is CC(C)Cc1c2ccccc2cc2c1c1nc[n+]3c(c1n2C)-c1cc(C(C)(C)C)c2ccccc2c1C1(C)C2(N(C(C)C)C=C(C(C)C)C=[N+]2C(C)C)C31C. The first-order valence-electron chi connectivity index (χ1n) is 20.9. The van der Waals surface area contributed by atoms with E-state index in [1.165, 1.54) is 71.5 Å². The molecule has 1 saturated carbocycles. The van der Waals surface area contributed by atoms with E-state index in [1.807, 2.05) is 0 Å². The van der Waals surface area contributed by atoms with Crippen LogP contribution in [-0.4, -0.2) is 43.0 Å². The lowest BCUT2D eigenvalue weighted by Crippen LogP contribution is -2.63. The average Bonchev–Trinajstić information content (AvgIpc) is 3.40. The van der Waals surface area contributed by atoms with Crippen molar-refractivity contribution in [1.82, 2.24) is 14.5 Å². The predicted octanol–water partition coefficient (Wildman–Crippen LogP) is 10.9. The minimum Gasteiger partial charge on any atom is -0.337 e. The standard InChI is InChI=1S/C50H61N5/c1-29(2)23-38-35-20-16-15-19-33(35)24-41-42(38)44-46(52(41)14)45-39-25-40(47(9,10)11)36-21-17-18-22-37(36)43(39)48(12)49(13,55(45)28-51-44)50(48)53(31(5)6)26-34(30(3)4)27-54(50)32(7)8/h15-22,24-32H,23H2,1-14H3/q+2. The van der Waals surface area contributed by atoms with Gasteiger partial charge in [-0.2, -0.15) is 0 Å². The molecule has 5 nitrogen and oxygen atoms in total. The zero-order valence-corrected chi connectivity index (χ0v) is 35.8. The normalized spacial score (nSPS) is 23.5. The van der Waals surface area contributed by atoms with Gasteiger partial charge in [-0.15, -0.1) is 0 Å². The van der Waals surface area contributed by atoms with Crippen molar-refractivity contribution in [3.8, 4) is 11.3 Å². The maximum atomic E-state index is 5.62. The van der Waals surface area contributed by atoms with Crippen LogP contribution in [0.4, 0.5) is 0 Å². The molecule has 4 heterocycles. The summed E-state index contributed by atoms with van der Waals surface area (Å²) in [5.41, 5.74) is 10.8. The van der Waals surface area contributed by atoms with Crippen molar-refractivity contribution < 1.29 is 9.14 Å². The summed E-state index contributed by atoms with van der Waals surface area (Å²) < 4.78 is 7.88. The summed E-state index contributed by atoms with van der Waals surface area (Å²) in [5.74, 6) is 0.926. The number of benzene rings is 4. The van der Waals surface area contributed by atoms with Gasteiger partial charge in [-0.25, -0.2) is 9.14 Å². The molecule has 9 rings (SSSR count). The monoisotopic (exact) mass is 731 g/mol. The van der Waals surface area contributed by atoms with Crippen LogP contribution < -0.4 is 4.57 Å². The lowest BCUT2D eigenvalue weighted by Gasteiger charge is -2.39. The van der Waals surface area contributed by atoms with Crippen LogP contribution in [0, 0.1) is 11.8 Å². The summed E-state index contributed by atoms with van der Waals surface area (Å²) in [5, 5.41) is 6.69.